The fraction of sp³-hybridized carbons (Fsp3) is 0.455. The normalized spacial score (nSPS) is 15.3. The summed E-state index contributed by atoms with van der Waals surface area (Å²) in [4.78, 5) is 2.30. The van der Waals surface area contributed by atoms with Crippen LogP contribution in [0.2, 0.25) is 0 Å². The highest BCUT2D eigenvalue weighted by Crippen LogP contribution is 2.48. The van der Waals surface area contributed by atoms with Crippen LogP contribution in [0.1, 0.15) is 86.8 Å². The second kappa shape index (κ2) is 9.61. The first kappa shape index (κ1) is 26.1. The number of benzene rings is 2. The van der Waals surface area contributed by atoms with Crippen LogP contribution in [-0.4, -0.2) is 14.1 Å². The van der Waals surface area contributed by atoms with E-state index in [4.69, 9.17) is 0 Å². The first-order valence-corrected chi connectivity index (χ1v) is 12.7. The van der Waals surface area contributed by atoms with Gasteiger partial charge in [0.2, 0.25) is 0 Å². The Bertz CT molecular complexity index is 1180. The van der Waals surface area contributed by atoms with Crippen molar-refractivity contribution >= 4 is 11.3 Å². The van der Waals surface area contributed by atoms with E-state index < -0.39 is 0 Å². The van der Waals surface area contributed by atoms with Crippen molar-refractivity contribution in [2.45, 2.75) is 81.1 Å². The lowest BCUT2D eigenvalue weighted by molar-refractivity contribution is 0.507. The SMILES string of the molecule is C=CC(C)c1c(C)c(N(C)C)c(-c2ccc(C)c(C)c2)c(C)c1C1=CC(C(C)(C)C)=C(C)CC1. The second-order valence-electron chi connectivity index (χ2n) is 11.6. The molecule has 2 aromatic rings. The van der Waals surface area contributed by atoms with Gasteiger partial charge >= 0.3 is 0 Å². The molecule has 1 aliphatic carbocycles. The summed E-state index contributed by atoms with van der Waals surface area (Å²) in [5, 5.41) is 0. The number of allylic oxidation sites excluding steroid dienone is 5. The van der Waals surface area contributed by atoms with Gasteiger partial charge in [0.25, 0.3) is 0 Å². The lowest BCUT2D eigenvalue weighted by atomic mass is 9.73. The molecule has 0 N–H and O–H groups in total. The Kier molecular flexibility index (Phi) is 7.37. The summed E-state index contributed by atoms with van der Waals surface area (Å²) in [6.07, 6.45) is 6.85. The third-order valence-electron chi connectivity index (χ3n) is 7.74. The van der Waals surface area contributed by atoms with Crippen LogP contribution in [0.15, 0.2) is 48.1 Å². The zero-order valence-electron chi connectivity index (χ0n) is 23.5. The Morgan fingerprint density at radius 3 is 2.09 bits per heavy atom. The van der Waals surface area contributed by atoms with Crippen molar-refractivity contribution in [2.75, 3.05) is 19.0 Å². The zero-order chi connectivity index (χ0) is 25.5. The molecule has 182 valence electrons. The van der Waals surface area contributed by atoms with Crippen LogP contribution in [0.4, 0.5) is 5.69 Å². The highest BCUT2D eigenvalue weighted by atomic mass is 15.1. The number of aryl methyl sites for hydroxylation is 2. The van der Waals surface area contributed by atoms with E-state index >= 15 is 0 Å². The monoisotopic (exact) mass is 455 g/mol. The molecule has 0 fully saturated rings. The quantitative estimate of drug-likeness (QED) is 0.406. The number of hydrogen-bond acceptors (Lipinski definition) is 1. The zero-order valence-corrected chi connectivity index (χ0v) is 23.5. The molecule has 0 aliphatic heterocycles. The number of anilines is 1. The molecule has 0 radical (unpaired) electrons. The molecule has 0 bridgehead atoms. The van der Waals surface area contributed by atoms with Crippen LogP contribution >= 0.6 is 0 Å². The molecule has 0 amide bonds. The highest BCUT2D eigenvalue weighted by Gasteiger charge is 2.28. The van der Waals surface area contributed by atoms with Gasteiger partial charge in [-0.15, -0.1) is 6.58 Å². The van der Waals surface area contributed by atoms with Crippen LogP contribution < -0.4 is 4.90 Å². The standard InChI is InChI=1S/C33H45N/c1-13-20(2)29-25(7)32(34(11)12)31(26-16-14-21(3)23(5)18-26)24(6)30(29)27-17-15-22(4)28(19-27)33(8,9)10/h13-14,16,18-20H,1,15,17H2,2-12H3. The van der Waals surface area contributed by atoms with E-state index in [1.165, 1.54) is 66.9 Å². The molecule has 3 rings (SSSR count). The molecule has 1 nitrogen and oxygen atoms in total. The van der Waals surface area contributed by atoms with Gasteiger partial charge in [0, 0.05) is 25.3 Å². The first-order valence-electron chi connectivity index (χ1n) is 12.7. The summed E-state index contributed by atoms with van der Waals surface area (Å²) in [6, 6.07) is 6.93. The molecule has 1 unspecified atom stereocenters. The van der Waals surface area contributed by atoms with Crippen LogP contribution in [0.3, 0.4) is 0 Å². The molecule has 1 aliphatic rings. The van der Waals surface area contributed by atoms with Gasteiger partial charge in [-0.25, -0.2) is 0 Å². The Morgan fingerprint density at radius 2 is 1.56 bits per heavy atom. The van der Waals surface area contributed by atoms with E-state index in [0.717, 1.165) is 12.8 Å². The maximum Gasteiger partial charge on any atom is 0.0476 e. The van der Waals surface area contributed by atoms with Gasteiger partial charge in [-0.1, -0.05) is 63.6 Å². The third-order valence-corrected chi connectivity index (χ3v) is 7.74. The minimum Gasteiger partial charge on any atom is -0.377 e. The van der Waals surface area contributed by atoms with Crippen molar-refractivity contribution in [3.05, 3.63) is 81.5 Å². The largest absolute Gasteiger partial charge is 0.377 e. The molecule has 1 heteroatoms. The lowest BCUT2D eigenvalue weighted by Crippen LogP contribution is -2.18. The molecule has 0 saturated heterocycles. The highest BCUT2D eigenvalue weighted by molar-refractivity contribution is 5.91. The van der Waals surface area contributed by atoms with Crippen molar-refractivity contribution in [1.29, 1.82) is 0 Å². The average molecular weight is 456 g/mol. The average Bonchev–Trinajstić information content (AvgIpc) is 2.75. The van der Waals surface area contributed by atoms with Crippen LogP contribution in [0.5, 0.6) is 0 Å². The molecule has 34 heavy (non-hydrogen) atoms. The van der Waals surface area contributed by atoms with Gasteiger partial charge in [-0.05, 0) is 109 Å². The lowest BCUT2D eigenvalue weighted by Gasteiger charge is -2.33. The Labute approximate surface area is 209 Å². The van der Waals surface area contributed by atoms with E-state index in [1.54, 1.807) is 0 Å². The van der Waals surface area contributed by atoms with Gasteiger partial charge < -0.3 is 4.90 Å². The van der Waals surface area contributed by atoms with Crippen molar-refractivity contribution in [1.82, 2.24) is 0 Å². The third kappa shape index (κ3) is 4.67. The maximum atomic E-state index is 4.19. The number of nitrogens with zero attached hydrogens (tertiary/aromatic N) is 1. The van der Waals surface area contributed by atoms with E-state index in [-0.39, 0.29) is 11.3 Å². The first-order chi connectivity index (χ1) is 15.8. The van der Waals surface area contributed by atoms with Crippen molar-refractivity contribution in [2.24, 2.45) is 5.41 Å². The Morgan fingerprint density at radius 1 is 0.912 bits per heavy atom. The maximum absolute atomic E-state index is 4.19. The Balaban J connectivity index is 2.48. The summed E-state index contributed by atoms with van der Waals surface area (Å²) in [5.41, 5.74) is 17.0. The Hall–Kier alpha value is -2.54. The predicted octanol–water partition coefficient (Wildman–Crippen LogP) is 9.48. The van der Waals surface area contributed by atoms with Crippen LogP contribution in [0.25, 0.3) is 16.7 Å². The predicted molar refractivity (Wildman–Crippen MR) is 153 cm³/mol. The van der Waals surface area contributed by atoms with Crippen molar-refractivity contribution in [3.63, 3.8) is 0 Å². The summed E-state index contributed by atoms with van der Waals surface area (Å²) in [6.45, 7) is 24.9. The minimum atomic E-state index is 0.142. The number of hydrogen-bond donors (Lipinski definition) is 0. The van der Waals surface area contributed by atoms with E-state index in [1.807, 2.05) is 0 Å². The summed E-state index contributed by atoms with van der Waals surface area (Å²) < 4.78 is 0. The molecule has 0 heterocycles. The molecule has 0 aromatic heterocycles. The molecule has 1 atom stereocenters. The topological polar surface area (TPSA) is 3.24 Å². The second-order valence-corrected chi connectivity index (χ2v) is 11.6. The minimum absolute atomic E-state index is 0.142. The smallest absolute Gasteiger partial charge is 0.0476 e. The van der Waals surface area contributed by atoms with E-state index in [9.17, 15) is 0 Å². The molecular weight excluding hydrogens is 410 g/mol. The van der Waals surface area contributed by atoms with Gasteiger partial charge in [0.1, 0.15) is 0 Å². The molecule has 0 saturated carbocycles. The molecule has 0 spiro atoms. The summed E-state index contributed by atoms with van der Waals surface area (Å²) in [5.74, 6) is 0.284. The van der Waals surface area contributed by atoms with Crippen LogP contribution in [0, 0.1) is 33.1 Å². The summed E-state index contributed by atoms with van der Waals surface area (Å²) >= 11 is 0. The van der Waals surface area contributed by atoms with Gasteiger partial charge in [-0.3, -0.25) is 0 Å². The van der Waals surface area contributed by atoms with Gasteiger partial charge in [-0.2, -0.15) is 0 Å². The van der Waals surface area contributed by atoms with Crippen molar-refractivity contribution < 1.29 is 0 Å². The summed E-state index contributed by atoms with van der Waals surface area (Å²) in [7, 11) is 4.36. The van der Waals surface area contributed by atoms with E-state index in [0.29, 0.717) is 0 Å². The van der Waals surface area contributed by atoms with Crippen LogP contribution in [-0.2, 0) is 0 Å². The van der Waals surface area contributed by atoms with Gasteiger partial charge in [0.05, 0.1) is 0 Å². The fourth-order valence-corrected chi connectivity index (χ4v) is 5.80. The fourth-order valence-electron chi connectivity index (χ4n) is 5.80. The molecule has 2 aromatic carbocycles. The van der Waals surface area contributed by atoms with Crippen molar-refractivity contribution in [3.8, 4) is 11.1 Å². The van der Waals surface area contributed by atoms with Gasteiger partial charge in [0.15, 0.2) is 0 Å². The van der Waals surface area contributed by atoms with E-state index in [2.05, 4.69) is 118 Å². The molecular formula is C33H45N. The number of rotatable bonds is 5.